The molecule has 0 aliphatic rings. The molecule has 2 N–H and O–H groups in total. The number of alkyl halides is 3. The predicted molar refractivity (Wildman–Crippen MR) is 72.4 cm³/mol. The van der Waals surface area contributed by atoms with Crippen molar-refractivity contribution in [3.05, 3.63) is 0 Å². The first-order chi connectivity index (χ1) is 8.89. The maximum Gasteiger partial charge on any atom is 0.390 e. The predicted octanol–water partition coefficient (Wildman–Crippen LogP) is 1.84. The Morgan fingerprint density at radius 1 is 1.16 bits per heavy atom. The van der Waals surface area contributed by atoms with Gasteiger partial charge in [0.15, 0.2) is 5.96 Å². The number of likely N-dealkylation sites (N-methyl/N-ethyl adjacent to an activating group) is 1. The van der Waals surface area contributed by atoms with Crippen LogP contribution >= 0.6 is 0 Å². The highest BCUT2D eigenvalue weighted by molar-refractivity contribution is 5.79. The van der Waals surface area contributed by atoms with Gasteiger partial charge in [-0.25, -0.2) is 0 Å². The Bertz CT molecular complexity index is 254. The van der Waals surface area contributed by atoms with Crippen LogP contribution in [-0.2, 0) is 0 Å². The lowest BCUT2D eigenvalue weighted by Gasteiger charge is -2.18. The molecular weight excluding hydrogens is 257 g/mol. The summed E-state index contributed by atoms with van der Waals surface area (Å²) in [6.07, 6.45) is -2.69. The number of nitrogens with one attached hydrogen (secondary N) is 2. The molecule has 7 heteroatoms. The summed E-state index contributed by atoms with van der Waals surface area (Å²) in [6, 6.07) is 0. The van der Waals surface area contributed by atoms with Crippen molar-refractivity contribution in [2.45, 2.75) is 32.4 Å². The van der Waals surface area contributed by atoms with Crippen LogP contribution in [0.4, 0.5) is 13.2 Å². The van der Waals surface area contributed by atoms with E-state index in [1.165, 1.54) is 0 Å². The molecule has 0 amide bonds. The van der Waals surface area contributed by atoms with Gasteiger partial charge in [0.2, 0.25) is 0 Å². The molecule has 0 radical (unpaired) electrons. The largest absolute Gasteiger partial charge is 0.390 e. The van der Waals surface area contributed by atoms with Gasteiger partial charge in [0.25, 0.3) is 0 Å². The molecule has 0 unspecified atom stereocenters. The van der Waals surface area contributed by atoms with Gasteiger partial charge in [0.1, 0.15) is 0 Å². The third kappa shape index (κ3) is 11.8. The van der Waals surface area contributed by atoms with Gasteiger partial charge in [-0.05, 0) is 20.0 Å². The second kappa shape index (κ2) is 9.89. The average Bonchev–Trinajstić information content (AvgIpc) is 2.33. The lowest BCUT2D eigenvalue weighted by atomic mass is 10.3. The Kier molecular flexibility index (Phi) is 9.38. The molecule has 0 aliphatic carbocycles. The Morgan fingerprint density at radius 2 is 1.79 bits per heavy atom. The molecule has 4 nitrogen and oxygen atoms in total. The lowest BCUT2D eigenvalue weighted by Crippen LogP contribution is -2.42. The fourth-order valence-electron chi connectivity index (χ4n) is 1.45. The molecule has 0 fully saturated rings. The normalized spacial score (nSPS) is 12.9. The van der Waals surface area contributed by atoms with Crippen molar-refractivity contribution in [3.63, 3.8) is 0 Å². The van der Waals surface area contributed by atoms with E-state index in [1.54, 1.807) is 7.05 Å². The van der Waals surface area contributed by atoms with Crippen LogP contribution in [0.3, 0.4) is 0 Å². The molecule has 0 heterocycles. The minimum Gasteiger partial charge on any atom is -0.356 e. The maximum atomic E-state index is 12.0. The monoisotopic (exact) mass is 282 g/mol. The Hall–Kier alpha value is -0.980. The van der Waals surface area contributed by atoms with Gasteiger partial charge >= 0.3 is 6.18 Å². The SMILES string of the molecule is CCCCN(C)CCNC(=NC)NCCC(F)(F)F. The maximum absolute atomic E-state index is 12.0. The first-order valence-corrected chi connectivity index (χ1v) is 6.59. The molecule has 0 aliphatic heterocycles. The highest BCUT2D eigenvalue weighted by Crippen LogP contribution is 2.17. The van der Waals surface area contributed by atoms with Gasteiger partial charge in [0.05, 0.1) is 6.42 Å². The number of guanidine groups is 1. The third-order valence-electron chi connectivity index (χ3n) is 2.60. The summed E-state index contributed by atoms with van der Waals surface area (Å²) in [5, 5.41) is 5.64. The van der Waals surface area contributed by atoms with E-state index in [0.29, 0.717) is 12.5 Å². The zero-order valence-corrected chi connectivity index (χ0v) is 12.0. The Morgan fingerprint density at radius 3 is 2.32 bits per heavy atom. The van der Waals surface area contributed by atoms with Gasteiger partial charge in [-0.2, -0.15) is 13.2 Å². The minimum atomic E-state index is -4.13. The molecule has 114 valence electrons. The number of hydrogen-bond donors (Lipinski definition) is 2. The summed E-state index contributed by atoms with van der Waals surface area (Å²) in [4.78, 5) is 6.06. The number of unbranched alkanes of at least 4 members (excludes halogenated alkanes) is 1. The van der Waals surface area contributed by atoms with Gasteiger partial charge in [-0.3, -0.25) is 4.99 Å². The number of hydrogen-bond acceptors (Lipinski definition) is 2. The second-order valence-corrected chi connectivity index (χ2v) is 4.45. The van der Waals surface area contributed by atoms with Crippen molar-refractivity contribution in [2.24, 2.45) is 4.99 Å². The van der Waals surface area contributed by atoms with Crippen LogP contribution in [0.1, 0.15) is 26.2 Å². The second-order valence-electron chi connectivity index (χ2n) is 4.45. The zero-order chi connectivity index (χ0) is 14.7. The number of nitrogens with zero attached hydrogens (tertiary/aromatic N) is 2. The number of rotatable bonds is 8. The summed E-state index contributed by atoms with van der Waals surface area (Å²) >= 11 is 0. The third-order valence-corrected chi connectivity index (χ3v) is 2.60. The van der Waals surface area contributed by atoms with E-state index in [2.05, 4.69) is 27.4 Å². The standard InChI is InChI=1S/C12H25F3N4/c1-4-5-9-19(3)10-8-18-11(16-2)17-7-6-12(13,14)15/h4-10H2,1-3H3,(H2,16,17,18). The van der Waals surface area contributed by atoms with Crippen LogP contribution in [0.5, 0.6) is 0 Å². The molecule has 19 heavy (non-hydrogen) atoms. The zero-order valence-electron chi connectivity index (χ0n) is 12.0. The van der Waals surface area contributed by atoms with Crippen molar-refractivity contribution < 1.29 is 13.2 Å². The van der Waals surface area contributed by atoms with E-state index in [0.717, 1.165) is 25.9 Å². The summed E-state index contributed by atoms with van der Waals surface area (Å²) in [7, 11) is 3.57. The number of halogens is 3. The van der Waals surface area contributed by atoms with E-state index in [1.807, 2.05) is 7.05 Å². The van der Waals surface area contributed by atoms with E-state index >= 15 is 0 Å². The molecule has 0 spiro atoms. The van der Waals surface area contributed by atoms with Crippen LogP contribution in [0.2, 0.25) is 0 Å². The quantitative estimate of drug-likeness (QED) is 0.527. The van der Waals surface area contributed by atoms with E-state index < -0.39 is 12.6 Å². The van der Waals surface area contributed by atoms with Crippen molar-refractivity contribution >= 4 is 5.96 Å². The van der Waals surface area contributed by atoms with E-state index in [4.69, 9.17) is 0 Å². The molecule has 0 aromatic rings. The summed E-state index contributed by atoms with van der Waals surface area (Å²) < 4.78 is 35.9. The van der Waals surface area contributed by atoms with Gasteiger partial charge < -0.3 is 15.5 Å². The summed E-state index contributed by atoms with van der Waals surface area (Å²) in [5.41, 5.74) is 0. The summed E-state index contributed by atoms with van der Waals surface area (Å²) in [6.45, 7) is 4.50. The smallest absolute Gasteiger partial charge is 0.356 e. The molecular formula is C12H25F3N4. The molecule has 0 aromatic heterocycles. The van der Waals surface area contributed by atoms with Crippen LogP contribution in [0.25, 0.3) is 0 Å². The molecule has 0 saturated heterocycles. The first kappa shape index (κ1) is 18.0. The van der Waals surface area contributed by atoms with E-state index in [-0.39, 0.29) is 6.54 Å². The average molecular weight is 282 g/mol. The summed E-state index contributed by atoms with van der Waals surface area (Å²) in [5.74, 6) is 0.410. The minimum absolute atomic E-state index is 0.158. The van der Waals surface area contributed by atoms with Gasteiger partial charge in [0, 0.05) is 26.7 Å². The topological polar surface area (TPSA) is 39.7 Å². The Balaban J connectivity index is 3.71. The molecule has 0 saturated carbocycles. The van der Waals surface area contributed by atoms with Gasteiger partial charge in [-0.1, -0.05) is 13.3 Å². The molecule has 0 aromatic carbocycles. The molecule has 0 bridgehead atoms. The van der Waals surface area contributed by atoms with Crippen molar-refractivity contribution in [3.8, 4) is 0 Å². The van der Waals surface area contributed by atoms with Crippen LogP contribution < -0.4 is 10.6 Å². The lowest BCUT2D eigenvalue weighted by molar-refractivity contribution is -0.132. The Labute approximate surface area is 113 Å². The first-order valence-electron chi connectivity index (χ1n) is 6.59. The van der Waals surface area contributed by atoms with Crippen LogP contribution in [0.15, 0.2) is 4.99 Å². The van der Waals surface area contributed by atoms with Crippen LogP contribution in [-0.4, -0.2) is 57.3 Å². The fourth-order valence-corrected chi connectivity index (χ4v) is 1.45. The van der Waals surface area contributed by atoms with Crippen LogP contribution in [0, 0.1) is 0 Å². The number of aliphatic imine (C=N–C) groups is 1. The van der Waals surface area contributed by atoms with Crippen molar-refractivity contribution in [1.82, 2.24) is 15.5 Å². The van der Waals surface area contributed by atoms with Crippen molar-refractivity contribution in [2.75, 3.05) is 40.3 Å². The van der Waals surface area contributed by atoms with Crippen molar-refractivity contribution in [1.29, 1.82) is 0 Å². The van der Waals surface area contributed by atoms with E-state index in [9.17, 15) is 13.2 Å². The van der Waals surface area contributed by atoms with Gasteiger partial charge in [-0.15, -0.1) is 0 Å². The molecule has 0 rings (SSSR count). The highest BCUT2D eigenvalue weighted by Gasteiger charge is 2.26. The molecule has 0 atom stereocenters. The highest BCUT2D eigenvalue weighted by atomic mass is 19.4. The fraction of sp³-hybridized carbons (Fsp3) is 0.917.